The van der Waals surface area contributed by atoms with Crippen molar-refractivity contribution in [3.05, 3.63) is 109 Å². The largest absolute Gasteiger partial charge is 0.456 e. The van der Waals surface area contributed by atoms with Crippen LogP contribution in [0.25, 0.3) is 76.1 Å². The molecule has 0 unspecified atom stereocenters. The highest BCUT2D eigenvalue weighted by Crippen LogP contribution is 2.35. The second kappa shape index (κ2) is 7.31. The molecule has 9 rings (SSSR count). The number of nitrogens with zero attached hydrogens (tertiary/aromatic N) is 4. The van der Waals surface area contributed by atoms with E-state index >= 15 is 0 Å². The maximum atomic E-state index is 6.08. The summed E-state index contributed by atoms with van der Waals surface area (Å²) in [6.07, 6.45) is 0. The van der Waals surface area contributed by atoms with E-state index in [0.717, 1.165) is 76.1 Å². The van der Waals surface area contributed by atoms with Gasteiger partial charge in [0.15, 0.2) is 9.92 Å². The van der Waals surface area contributed by atoms with Crippen molar-refractivity contribution in [3.63, 3.8) is 0 Å². The first kappa shape index (κ1) is 20.2. The fourth-order valence-corrected chi connectivity index (χ4v) is 6.70. The molecule has 38 heavy (non-hydrogen) atoms. The van der Waals surface area contributed by atoms with Gasteiger partial charge in [-0.25, -0.2) is 9.97 Å². The molecule has 0 aliphatic carbocycles. The molecule has 4 aromatic heterocycles. The predicted octanol–water partition coefficient (Wildman–Crippen LogP) is 8.63. The Balaban J connectivity index is 1.44. The Labute approximate surface area is 219 Å². The third kappa shape index (κ3) is 2.69. The van der Waals surface area contributed by atoms with E-state index in [2.05, 4.69) is 93.7 Å². The minimum absolute atomic E-state index is 0.901. The van der Waals surface area contributed by atoms with Crippen LogP contribution in [0.2, 0.25) is 0 Å². The Morgan fingerprint density at radius 2 is 1.11 bits per heavy atom. The lowest BCUT2D eigenvalue weighted by atomic mass is 10.0. The van der Waals surface area contributed by atoms with Crippen LogP contribution in [0.3, 0.4) is 0 Å². The Kier molecular flexibility index (Phi) is 3.88. The Morgan fingerprint density at radius 1 is 0.500 bits per heavy atom. The highest BCUT2D eigenvalue weighted by atomic mass is 32.1. The molecule has 0 atom stereocenters. The summed E-state index contributed by atoms with van der Waals surface area (Å²) in [7, 11) is 0. The van der Waals surface area contributed by atoms with E-state index in [1.807, 2.05) is 24.3 Å². The molecule has 0 radical (unpaired) electrons. The van der Waals surface area contributed by atoms with E-state index in [9.17, 15) is 0 Å². The van der Waals surface area contributed by atoms with E-state index < -0.39 is 0 Å². The van der Waals surface area contributed by atoms with Crippen LogP contribution in [-0.2, 0) is 0 Å². The monoisotopic (exact) mass is 506 g/mol. The lowest BCUT2D eigenvalue weighted by molar-refractivity contribution is 0.669. The molecular weight excluding hydrogens is 488 g/mol. The van der Waals surface area contributed by atoms with Crippen molar-refractivity contribution in [3.8, 4) is 11.1 Å². The first-order valence-electron chi connectivity index (χ1n) is 12.5. The number of fused-ring (bicyclic) bond motifs is 12. The lowest BCUT2D eigenvalue weighted by Gasteiger charge is -2.06. The highest BCUT2D eigenvalue weighted by molar-refractivity contribution is 7.21. The van der Waals surface area contributed by atoms with Gasteiger partial charge >= 0.3 is 0 Å². The van der Waals surface area contributed by atoms with Crippen molar-refractivity contribution in [2.45, 2.75) is 0 Å². The summed E-state index contributed by atoms with van der Waals surface area (Å²) in [6.45, 7) is 0. The molecule has 0 bridgehead atoms. The maximum Gasteiger partial charge on any atom is 0.198 e. The van der Waals surface area contributed by atoms with Gasteiger partial charge in [0.1, 0.15) is 11.2 Å². The zero-order valence-electron chi connectivity index (χ0n) is 20.0. The number of rotatable bonds is 1. The third-order valence-electron chi connectivity index (χ3n) is 7.41. The highest BCUT2D eigenvalue weighted by Gasteiger charge is 2.15. The first-order valence-corrected chi connectivity index (χ1v) is 13.3. The van der Waals surface area contributed by atoms with Gasteiger partial charge < -0.3 is 4.42 Å². The van der Waals surface area contributed by atoms with Gasteiger partial charge in [0, 0.05) is 10.8 Å². The molecule has 0 aliphatic heterocycles. The zero-order chi connectivity index (χ0) is 24.8. The molecule has 9 aromatic rings. The Bertz CT molecular complexity index is 2420. The molecule has 0 spiro atoms. The molecule has 0 saturated heterocycles. The minimum Gasteiger partial charge on any atom is -0.456 e. The molecule has 178 valence electrons. The standard InChI is InChI=1S/C32H18N4OS/c1-6-12-29-21(7-1)22-17-19(14-16-30(22)37-29)20-13-15-27-28(18-20)36-26-11-5-3-9-24(26)34-32(36)38-31-33-23-8-2-4-10-25(23)35(27)31/h1-18H. The molecule has 0 saturated carbocycles. The van der Waals surface area contributed by atoms with Gasteiger partial charge in [-0.15, -0.1) is 0 Å². The summed E-state index contributed by atoms with van der Waals surface area (Å²) >= 11 is 1.61. The maximum absolute atomic E-state index is 6.08. The average Bonchev–Trinajstić information content (AvgIpc) is 3.61. The predicted molar refractivity (Wildman–Crippen MR) is 156 cm³/mol. The van der Waals surface area contributed by atoms with Crippen LogP contribution in [0.1, 0.15) is 0 Å². The van der Waals surface area contributed by atoms with E-state index in [4.69, 9.17) is 14.4 Å². The second-order valence-corrected chi connectivity index (χ2v) is 10.5. The molecule has 0 fully saturated rings. The van der Waals surface area contributed by atoms with E-state index in [1.54, 1.807) is 11.3 Å². The van der Waals surface area contributed by atoms with Crippen molar-refractivity contribution in [1.82, 2.24) is 18.8 Å². The van der Waals surface area contributed by atoms with E-state index in [-0.39, 0.29) is 0 Å². The van der Waals surface area contributed by atoms with Crippen LogP contribution < -0.4 is 0 Å². The van der Waals surface area contributed by atoms with Crippen LogP contribution in [0.5, 0.6) is 0 Å². The normalized spacial score (nSPS) is 12.2. The van der Waals surface area contributed by atoms with Crippen LogP contribution in [0.4, 0.5) is 0 Å². The quantitative estimate of drug-likeness (QED) is 0.224. The summed E-state index contributed by atoms with van der Waals surface area (Å²) in [5.74, 6) is 0. The van der Waals surface area contributed by atoms with Crippen LogP contribution >= 0.6 is 11.3 Å². The molecule has 0 N–H and O–H groups in total. The molecular formula is C32H18N4OS. The number of hydrogen-bond donors (Lipinski definition) is 0. The van der Waals surface area contributed by atoms with Crippen molar-refractivity contribution < 1.29 is 4.42 Å². The Morgan fingerprint density at radius 3 is 1.89 bits per heavy atom. The van der Waals surface area contributed by atoms with Crippen molar-refractivity contribution in [2.24, 2.45) is 0 Å². The first-order chi connectivity index (χ1) is 18.8. The number of para-hydroxylation sites is 5. The van der Waals surface area contributed by atoms with Gasteiger partial charge in [-0.1, -0.05) is 65.9 Å². The summed E-state index contributed by atoms with van der Waals surface area (Å²) in [6, 6.07) is 38.0. The molecule has 4 heterocycles. The molecule has 5 nitrogen and oxygen atoms in total. The van der Waals surface area contributed by atoms with Gasteiger partial charge in [0.2, 0.25) is 0 Å². The number of imidazole rings is 2. The number of furan rings is 1. The average molecular weight is 507 g/mol. The molecule has 0 aliphatic rings. The van der Waals surface area contributed by atoms with Gasteiger partial charge in [0.25, 0.3) is 0 Å². The fraction of sp³-hybridized carbons (Fsp3) is 0. The van der Waals surface area contributed by atoms with Gasteiger partial charge in [-0.05, 0) is 65.7 Å². The SMILES string of the molecule is c1ccc2c(c1)nc1sc3nc4ccccc4n3c3cc(-c4ccc5oc6ccccc6c5c4)ccc3n12. The van der Waals surface area contributed by atoms with Crippen LogP contribution in [-0.4, -0.2) is 18.8 Å². The second-order valence-electron chi connectivity index (χ2n) is 9.55. The van der Waals surface area contributed by atoms with Crippen molar-refractivity contribution in [2.75, 3.05) is 0 Å². The number of aromatic nitrogens is 4. The fourth-order valence-electron chi connectivity index (χ4n) is 5.67. The third-order valence-corrected chi connectivity index (χ3v) is 8.32. The van der Waals surface area contributed by atoms with Gasteiger partial charge in [-0.3, -0.25) is 8.80 Å². The summed E-state index contributed by atoms with van der Waals surface area (Å²) < 4.78 is 10.6. The van der Waals surface area contributed by atoms with Crippen LogP contribution in [0.15, 0.2) is 114 Å². The lowest BCUT2D eigenvalue weighted by Crippen LogP contribution is -1.90. The van der Waals surface area contributed by atoms with E-state index in [0.29, 0.717) is 0 Å². The smallest absolute Gasteiger partial charge is 0.198 e. The van der Waals surface area contributed by atoms with Gasteiger partial charge in [-0.2, -0.15) is 0 Å². The van der Waals surface area contributed by atoms with Crippen molar-refractivity contribution >= 4 is 76.3 Å². The molecule has 6 heteroatoms. The summed E-state index contributed by atoms with van der Waals surface area (Å²) in [5.41, 5.74) is 10.4. The minimum atomic E-state index is 0.901. The summed E-state index contributed by atoms with van der Waals surface area (Å²) in [5, 5.41) is 2.26. The Hall–Kier alpha value is -4.94. The molecule has 5 aromatic carbocycles. The zero-order valence-corrected chi connectivity index (χ0v) is 20.8. The van der Waals surface area contributed by atoms with Gasteiger partial charge in [0.05, 0.1) is 33.1 Å². The number of hydrogen-bond acceptors (Lipinski definition) is 4. The molecule has 0 amide bonds. The summed E-state index contributed by atoms with van der Waals surface area (Å²) in [4.78, 5) is 11.8. The topological polar surface area (TPSA) is 47.7 Å². The van der Waals surface area contributed by atoms with Crippen molar-refractivity contribution in [1.29, 1.82) is 0 Å². The number of benzene rings is 5. The van der Waals surface area contributed by atoms with E-state index in [1.165, 1.54) is 0 Å². The van der Waals surface area contributed by atoms with Crippen LogP contribution in [0, 0.1) is 0 Å².